The van der Waals surface area contributed by atoms with Gasteiger partial charge in [0.05, 0.1) is 0 Å². The molecule has 0 N–H and O–H groups in total. The Labute approximate surface area is 143 Å². The Morgan fingerprint density at radius 3 is 2.48 bits per heavy atom. The minimum absolute atomic E-state index is 0. The molecule has 2 bridgehead atoms. The van der Waals surface area contributed by atoms with Gasteiger partial charge in [-0.1, -0.05) is 18.2 Å². The van der Waals surface area contributed by atoms with Crippen LogP contribution in [0, 0.1) is 17.7 Å². The lowest BCUT2D eigenvalue weighted by molar-refractivity contribution is 0.423. The minimum atomic E-state index is -0.160. The molecule has 2 aromatic carbocycles. The van der Waals surface area contributed by atoms with Gasteiger partial charge >= 0.3 is 0 Å². The first kappa shape index (κ1) is 16.5. The van der Waals surface area contributed by atoms with E-state index in [2.05, 4.69) is 37.2 Å². The second-order valence-electron chi connectivity index (χ2n) is 7.09. The number of nitrogens with zero attached hydrogens (tertiary/aromatic N) is 1. The number of fused-ring (bicyclic) bond motifs is 3. The van der Waals surface area contributed by atoms with Crippen LogP contribution in [0.2, 0.25) is 0 Å². The number of hydrogen-bond acceptors (Lipinski definition) is 1. The van der Waals surface area contributed by atoms with Crippen LogP contribution in [0.15, 0.2) is 42.0 Å². The first-order valence-electron chi connectivity index (χ1n) is 8.19. The molecule has 2 aromatic rings. The quantitative estimate of drug-likeness (QED) is 0.752. The van der Waals surface area contributed by atoms with Gasteiger partial charge in [-0.15, -0.1) is 12.4 Å². The van der Waals surface area contributed by atoms with Crippen LogP contribution in [0.4, 0.5) is 4.39 Å². The highest BCUT2D eigenvalue weighted by atomic mass is 35.5. The molecular formula is C20H23ClFN. The third-order valence-electron chi connectivity index (χ3n) is 5.28. The lowest BCUT2D eigenvalue weighted by atomic mass is 9.86. The van der Waals surface area contributed by atoms with E-state index in [4.69, 9.17) is 0 Å². The average Bonchev–Trinajstić information content (AvgIpc) is 3.07. The minimum Gasteiger partial charge on any atom is -0.305 e. The molecule has 4 rings (SSSR count). The van der Waals surface area contributed by atoms with Crippen molar-refractivity contribution in [2.75, 3.05) is 20.6 Å². The Kier molecular flexibility index (Phi) is 4.48. The fourth-order valence-electron chi connectivity index (χ4n) is 4.40. The Balaban J connectivity index is 0.00000156. The number of likely N-dealkylation sites (N-methyl/N-ethyl adjacent to an activating group) is 1. The van der Waals surface area contributed by atoms with Gasteiger partial charge in [-0.2, -0.15) is 0 Å². The SMILES string of the molecule is CN(C)CC1=C(c2ccc3cc(F)ccc3c2)C2CCC1C2.Cl. The van der Waals surface area contributed by atoms with Crippen LogP contribution in [0.1, 0.15) is 24.8 Å². The number of benzene rings is 2. The maximum Gasteiger partial charge on any atom is 0.123 e. The van der Waals surface area contributed by atoms with Crippen molar-refractivity contribution in [2.24, 2.45) is 11.8 Å². The first-order valence-corrected chi connectivity index (χ1v) is 8.19. The van der Waals surface area contributed by atoms with Gasteiger partial charge in [0.15, 0.2) is 0 Å². The molecule has 2 aliphatic rings. The van der Waals surface area contributed by atoms with E-state index in [0.717, 1.165) is 29.2 Å². The summed E-state index contributed by atoms with van der Waals surface area (Å²) in [4.78, 5) is 2.28. The molecular weight excluding hydrogens is 309 g/mol. The number of allylic oxidation sites excluding steroid dienone is 1. The van der Waals surface area contributed by atoms with Crippen molar-refractivity contribution in [1.29, 1.82) is 0 Å². The number of rotatable bonds is 3. The van der Waals surface area contributed by atoms with Gasteiger partial charge in [0.1, 0.15) is 5.82 Å². The van der Waals surface area contributed by atoms with Crippen molar-refractivity contribution < 1.29 is 4.39 Å². The van der Waals surface area contributed by atoms with E-state index in [1.54, 1.807) is 23.3 Å². The highest BCUT2D eigenvalue weighted by Gasteiger charge is 2.39. The van der Waals surface area contributed by atoms with Crippen LogP contribution in [-0.2, 0) is 0 Å². The van der Waals surface area contributed by atoms with Crippen molar-refractivity contribution in [1.82, 2.24) is 4.90 Å². The van der Waals surface area contributed by atoms with Gasteiger partial charge in [-0.25, -0.2) is 4.39 Å². The van der Waals surface area contributed by atoms with E-state index in [1.807, 2.05) is 6.07 Å². The van der Waals surface area contributed by atoms with E-state index < -0.39 is 0 Å². The average molecular weight is 332 g/mol. The van der Waals surface area contributed by atoms with Crippen molar-refractivity contribution in [3.05, 3.63) is 53.4 Å². The highest BCUT2D eigenvalue weighted by molar-refractivity contribution is 5.88. The summed E-state index contributed by atoms with van der Waals surface area (Å²) in [5.41, 5.74) is 4.57. The monoisotopic (exact) mass is 331 g/mol. The van der Waals surface area contributed by atoms with Gasteiger partial charge in [0, 0.05) is 6.54 Å². The predicted octanol–water partition coefficient (Wildman–Crippen LogP) is 5.15. The van der Waals surface area contributed by atoms with E-state index in [-0.39, 0.29) is 18.2 Å². The van der Waals surface area contributed by atoms with Crippen molar-refractivity contribution in [3.63, 3.8) is 0 Å². The standard InChI is InChI=1S/C20H22FN.ClH/c1-22(2)12-19-15-4-6-17(10-15)20(19)16-5-3-14-11-18(21)8-7-13(14)9-16;/h3,5,7-9,11,15,17H,4,6,10,12H2,1-2H3;1H. The number of halogens is 2. The third-order valence-corrected chi connectivity index (χ3v) is 5.28. The molecule has 1 nitrogen and oxygen atoms in total. The van der Waals surface area contributed by atoms with Crippen LogP contribution in [-0.4, -0.2) is 25.5 Å². The van der Waals surface area contributed by atoms with Crippen molar-refractivity contribution in [3.8, 4) is 0 Å². The second kappa shape index (κ2) is 6.26. The van der Waals surface area contributed by atoms with E-state index >= 15 is 0 Å². The molecule has 0 amide bonds. The Hall–Kier alpha value is -1.38. The Morgan fingerprint density at radius 2 is 1.70 bits per heavy atom. The normalized spacial score (nSPS) is 23.0. The van der Waals surface area contributed by atoms with Gasteiger partial charge in [-0.05, 0) is 90.9 Å². The fourth-order valence-corrected chi connectivity index (χ4v) is 4.40. The molecule has 0 aromatic heterocycles. The summed E-state index contributed by atoms with van der Waals surface area (Å²) in [7, 11) is 4.31. The van der Waals surface area contributed by atoms with Crippen molar-refractivity contribution in [2.45, 2.75) is 19.3 Å². The van der Waals surface area contributed by atoms with Gasteiger partial charge < -0.3 is 4.90 Å². The molecule has 0 spiro atoms. The maximum atomic E-state index is 13.4. The maximum absolute atomic E-state index is 13.4. The largest absolute Gasteiger partial charge is 0.305 e. The molecule has 3 heteroatoms. The van der Waals surface area contributed by atoms with Gasteiger partial charge in [0.25, 0.3) is 0 Å². The molecule has 122 valence electrons. The smallest absolute Gasteiger partial charge is 0.123 e. The molecule has 2 aliphatic carbocycles. The molecule has 23 heavy (non-hydrogen) atoms. The number of hydrogen-bond donors (Lipinski definition) is 0. The first-order chi connectivity index (χ1) is 10.6. The summed E-state index contributed by atoms with van der Waals surface area (Å²) >= 11 is 0. The fraction of sp³-hybridized carbons (Fsp3) is 0.400. The van der Waals surface area contributed by atoms with Crippen LogP contribution in [0.25, 0.3) is 16.3 Å². The Bertz CT molecular complexity index is 765. The zero-order chi connectivity index (χ0) is 15.3. The van der Waals surface area contributed by atoms with Gasteiger partial charge in [-0.3, -0.25) is 0 Å². The van der Waals surface area contributed by atoms with E-state index in [0.29, 0.717) is 0 Å². The van der Waals surface area contributed by atoms with Crippen LogP contribution in [0.3, 0.4) is 0 Å². The lowest BCUT2D eigenvalue weighted by Gasteiger charge is -2.23. The van der Waals surface area contributed by atoms with Crippen LogP contribution in [0.5, 0.6) is 0 Å². The topological polar surface area (TPSA) is 3.24 Å². The molecule has 2 atom stereocenters. The zero-order valence-corrected chi connectivity index (χ0v) is 14.5. The highest BCUT2D eigenvalue weighted by Crippen LogP contribution is 2.52. The summed E-state index contributed by atoms with van der Waals surface area (Å²) in [6, 6.07) is 11.6. The molecule has 0 radical (unpaired) electrons. The van der Waals surface area contributed by atoms with Crippen LogP contribution < -0.4 is 0 Å². The Morgan fingerprint density at radius 1 is 1.00 bits per heavy atom. The van der Waals surface area contributed by atoms with E-state index in [9.17, 15) is 4.39 Å². The summed E-state index contributed by atoms with van der Waals surface area (Å²) in [6.45, 7) is 1.07. The summed E-state index contributed by atoms with van der Waals surface area (Å²) in [5, 5.41) is 2.13. The third kappa shape index (κ3) is 2.90. The van der Waals surface area contributed by atoms with Crippen molar-refractivity contribution >= 4 is 28.8 Å². The molecule has 1 fully saturated rings. The predicted molar refractivity (Wildman–Crippen MR) is 97.5 cm³/mol. The summed E-state index contributed by atoms with van der Waals surface area (Å²) in [5.74, 6) is 1.36. The molecule has 0 heterocycles. The zero-order valence-electron chi connectivity index (χ0n) is 13.7. The summed E-state index contributed by atoms with van der Waals surface area (Å²) in [6.07, 6.45) is 4.02. The molecule has 1 saturated carbocycles. The van der Waals surface area contributed by atoms with Crippen LogP contribution >= 0.6 is 12.4 Å². The second-order valence-corrected chi connectivity index (χ2v) is 7.09. The lowest BCUT2D eigenvalue weighted by Crippen LogP contribution is -2.19. The molecule has 2 unspecified atom stereocenters. The molecule has 0 saturated heterocycles. The van der Waals surface area contributed by atoms with Gasteiger partial charge in [0.2, 0.25) is 0 Å². The summed E-state index contributed by atoms with van der Waals surface area (Å²) < 4.78 is 13.4. The molecule has 0 aliphatic heterocycles. The van der Waals surface area contributed by atoms with E-state index in [1.165, 1.54) is 24.8 Å².